The Morgan fingerprint density at radius 1 is 1.25 bits per heavy atom. The lowest BCUT2D eigenvalue weighted by Gasteiger charge is -2.38. The maximum absolute atomic E-state index is 10.2. The third-order valence-corrected chi connectivity index (χ3v) is 4.23. The Morgan fingerprint density at radius 2 is 1.90 bits per heavy atom. The van der Waals surface area contributed by atoms with E-state index < -0.39 is 11.1 Å². The van der Waals surface area contributed by atoms with Gasteiger partial charge in [0.05, 0.1) is 12.2 Å². The van der Waals surface area contributed by atoms with E-state index in [1.807, 2.05) is 39.8 Å². The first-order valence-corrected chi connectivity index (χ1v) is 7.85. The summed E-state index contributed by atoms with van der Waals surface area (Å²) >= 11 is 3.49. The second kappa shape index (κ2) is 6.92. The molecule has 0 aromatic heterocycles. The predicted octanol–water partition coefficient (Wildman–Crippen LogP) is 3.88. The number of aliphatic hydroxyl groups is 1. The van der Waals surface area contributed by atoms with Gasteiger partial charge in [-0.15, -0.1) is 0 Å². The molecule has 0 saturated heterocycles. The van der Waals surface area contributed by atoms with Gasteiger partial charge in [-0.25, -0.2) is 0 Å². The lowest BCUT2D eigenvalue weighted by atomic mass is 9.86. The summed E-state index contributed by atoms with van der Waals surface area (Å²) in [5.41, 5.74) is -0.106. The average molecular weight is 344 g/mol. The van der Waals surface area contributed by atoms with Crippen molar-refractivity contribution in [3.63, 3.8) is 0 Å². The first-order valence-electron chi connectivity index (χ1n) is 7.06. The molecule has 0 aliphatic heterocycles. The van der Waals surface area contributed by atoms with Crippen LogP contribution in [0.5, 0.6) is 5.75 Å². The van der Waals surface area contributed by atoms with E-state index in [-0.39, 0.29) is 0 Å². The van der Waals surface area contributed by atoms with Gasteiger partial charge in [0.15, 0.2) is 0 Å². The van der Waals surface area contributed by atoms with Crippen molar-refractivity contribution in [2.45, 2.75) is 58.7 Å². The van der Waals surface area contributed by atoms with Crippen molar-refractivity contribution >= 4 is 15.9 Å². The quantitative estimate of drug-likeness (QED) is 0.789. The van der Waals surface area contributed by atoms with Crippen molar-refractivity contribution in [2.75, 3.05) is 6.61 Å². The Kier molecular flexibility index (Phi) is 6.05. The van der Waals surface area contributed by atoms with Gasteiger partial charge in [0, 0.05) is 22.1 Å². The van der Waals surface area contributed by atoms with E-state index >= 15 is 0 Å². The second-order valence-corrected chi connectivity index (χ2v) is 7.05. The maximum Gasteiger partial charge on any atom is 0.123 e. The van der Waals surface area contributed by atoms with E-state index in [0.717, 1.165) is 22.2 Å². The Labute approximate surface area is 130 Å². The molecular formula is C16H26BrNO2. The zero-order valence-electron chi connectivity index (χ0n) is 13.1. The van der Waals surface area contributed by atoms with Crippen molar-refractivity contribution in [1.29, 1.82) is 0 Å². The highest BCUT2D eigenvalue weighted by atomic mass is 79.9. The fourth-order valence-electron chi connectivity index (χ4n) is 1.57. The number of hydrogen-bond acceptors (Lipinski definition) is 3. The Hall–Kier alpha value is -0.580. The van der Waals surface area contributed by atoms with Crippen LogP contribution in [0.2, 0.25) is 0 Å². The summed E-state index contributed by atoms with van der Waals surface area (Å²) < 4.78 is 6.80. The third-order valence-electron chi connectivity index (χ3n) is 3.73. The lowest BCUT2D eigenvalue weighted by Crippen LogP contribution is -2.55. The monoisotopic (exact) mass is 343 g/mol. The fraction of sp³-hybridized carbons (Fsp3) is 0.625. The van der Waals surface area contributed by atoms with Crippen LogP contribution in [0.3, 0.4) is 0 Å². The molecule has 4 heteroatoms. The van der Waals surface area contributed by atoms with Gasteiger partial charge in [0.2, 0.25) is 0 Å². The van der Waals surface area contributed by atoms with Crippen LogP contribution in [0.4, 0.5) is 0 Å². The zero-order valence-corrected chi connectivity index (χ0v) is 14.7. The third kappa shape index (κ3) is 4.76. The molecule has 114 valence electrons. The molecule has 0 heterocycles. The van der Waals surface area contributed by atoms with E-state index in [1.165, 1.54) is 0 Å². The van der Waals surface area contributed by atoms with Crippen molar-refractivity contribution in [1.82, 2.24) is 5.32 Å². The van der Waals surface area contributed by atoms with Crippen molar-refractivity contribution in [3.8, 4) is 5.75 Å². The molecule has 0 saturated carbocycles. The van der Waals surface area contributed by atoms with E-state index in [4.69, 9.17) is 4.74 Å². The van der Waals surface area contributed by atoms with Gasteiger partial charge in [-0.1, -0.05) is 22.9 Å². The van der Waals surface area contributed by atoms with Crippen molar-refractivity contribution in [3.05, 3.63) is 28.2 Å². The van der Waals surface area contributed by atoms with E-state index in [1.54, 1.807) is 0 Å². The van der Waals surface area contributed by atoms with E-state index in [2.05, 4.69) is 34.2 Å². The van der Waals surface area contributed by atoms with Crippen LogP contribution in [-0.2, 0) is 6.54 Å². The van der Waals surface area contributed by atoms with Crippen molar-refractivity contribution < 1.29 is 9.84 Å². The van der Waals surface area contributed by atoms with E-state index in [9.17, 15) is 5.11 Å². The number of rotatable bonds is 7. The van der Waals surface area contributed by atoms with Gasteiger partial charge >= 0.3 is 0 Å². The second-order valence-electron chi connectivity index (χ2n) is 6.14. The van der Waals surface area contributed by atoms with Crippen LogP contribution in [0, 0.1) is 0 Å². The molecule has 1 rings (SSSR count). The summed E-state index contributed by atoms with van der Waals surface area (Å²) in [6.07, 6.45) is 0.984. The lowest BCUT2D eigenvalue weighted by molar-refractivity contribution is -0.00541. The van der Waals surface area contributed by atoms with Gasteiger partial charge in [0.25, 0.3) is 0 Å². The Bertz CT molecular complexity index is 439. The molecule has 20 heavy (non-hydrogen) atoms. The number of nitrogens with one attached hydrogen (secondary N) is 1. The highest BCUT2D eigenvalue weighted by Crippen LogP contribution is 2.26. The minimum absolute atomic E-state index is 0.392. The maximum atomic E-state index is 10.2. The molecule has 1 aromatic carbocycles. The minimum Gasteiger partial charge on any atom is -0.493 e. The largest absolute Gasteiger partial charge is 0.493 e. The van der Waals surface area contributed by atoms with Gasteiger partial charge in [-0.3, -0.25) is 0 Å². The molecule has 0 amide bonds. The van der Waals surface area contributed by atoms with Gasteiger partial charge < -0.3 is 15.2 Å². The summed E-state index contributed by atoms with van der Waals surface area (Å²) in [4.78, 5) is 0. The van der Waals surface area contributed by atoms with Crippen LogP contribution in [0.1, 0.15) is 46.6 Å². The summed E-state index contributed by atoms with van der Waals surface area (Å²) in [6, 6.07) is 6.02. The van der Waals surface area contributed by atoms with Crippen LogP contribution in [0.25, 0.3) is 0 Å². The van der Waals surface area contributed by atoms with E-state index in [0.29, 0.717) is 13.2 Å². The molecule has 0 aliphatic rings. The molecule has 0 radical (unpaired) electrons. The number of benzene rings is 1. The smallest absolute Gasteiger partial charge is 0.123 e. The van der Waals surface area contributed by atoms with Crippen LogP contribution in [0.15, 0.2) is 22.7 Å². The first-order chi connectivity index (χ1) is 9.17. The Morgan fingerprint density at radius 3 is 2.45 bits per heavy atom. The molecule has 0 fully saturated rings. The standard InChI is InChI=1S/C16H26BrNO2/c1-6-9-20-14-8-7-13(17)10-12(14)11-18-15(2,3)16(4,5)19/h7-8,10,18-19H,6,9,11H2,1-5H3. The first kappa shape index (κ1) is 17.5. The molecule has 1 aromatic rings. The van der Waals surface area contributed by atoms with Crippen LogP contribution < -0.4 is 10.1 Å². The SMILES string of the molecule is CCCOc1ccc(Br)cc1CNC(C)(C)C(C)(C)O. The molecule has 0 atom stereocenters. The molecular weight excluding hydrogens is 318 g/mol. The highest BCUT2D eigenvalue weighted by molar-refractivity contribution is 9.10. The molecule has 0 unspecified atom stereocenters. The van der Waals surface area contributed by atoms with Gasteiger partial charge in [-0.05, 0) is 52.3 Å². The summed E-state index contributed by atoms with van der Waals surface area (Å²) in [5, 5.41) is 13.6. The average Bonchev–Trinajstić information content (AvgIpc) is 2.34. The minimum atomic E-state index is -0.802. The number of halogens is 1. The summed E-state index contributed by atoms with van der Waals surface area (Å²) in [6.45, 7) is 11.1. The predicted molar refractivity (Wildman–Crippen MR) is 87.1 cm³/mol. The Balaban J connectivity index is 2.83. The van der Waals surface area contributed by atoms with Gasteiger partial charge in [0.1, 0.15) is 5.75 Å². The molecule has 2 N–H and O–H groups in total. The zero-order chi connectivity index (χ0) is 15.4. The van der Waals surface area contributed by atoms with Crippen LogP contribution in [-0.4, -0.2) is 22.9 Å². The summed E-state index contributed by atoms with van der Waals surface area (Å²) in [7, 11) is 0. The number of ether oxygens (including phenoxy) is 1. The summed E-state index contributed by atoms with van der Waals surface area (Å²) in [5.74, 6) is 0.897. The molecule has 0 bridgehead atoms. The number of hydrogen-bond donors (Lipinski definition) is 2. The highest BCUT2D eigenvalue weighted by Gasteiger charge is 2.34. The normalized spacial score (nSPS) is 12.6. The molecule has 3 nitrogen and oxygen atoms in total. The fourth-order valence-corrected chi connectivity index (χ4v) is 1.98. The topological polar surface area (TPSA) is 41.5 Å². The van der Waals surface area contributed by atoms with Crippen LogP contribution >= 0.6 is 15.9 Å². The molecule has 0 spiro atoms. The van der Waals surface area contributed by atoms with Crippen molar-refractivity contribution in [2.24, 2.45) is 0 Å². The van der Waals surface area contributed by atoms with Gasteiger partial charge in [-0.2, -0.15) is 0 Å². The molecule has 0 aliphatic carbocycles.